The summed E-state index contributed by atoms with van der Waals surface area (Å²) in [5.74, 6) is 1.15. The maximum absolute atomic E-state index is 11.9. The Labute approximate surface area is 146 Å². The van der Waals surface area contributed by atoms with Crippen LogP contribution in [0.4, 0.5) is 0 Å². The molecular weight excluding hydrogens is 324 g/mol. The average molecular weight is 343 g/mol. The first kappa shape index (κ1) is 16.5. The van der Waals surface area contributed by atoms with Crippen molar-refractivity contribution in [3.63, 3.8) is 0 Å². The van der Waals surface area contributed by atoms with Crippen molar-refractivity contribution >= 4 is 23.6 Å². The third-order valence-electron chi connectivity index (χ3n) is 3.73. The number of ether oxygens (including phenoxy) is 1. The van der Waals surface area contributed by atoms with Gasteiger partial charge < -0.3 is 10.1 Å². The van der Waals surface area contributed by atoms with Gasteiger partial charge in [-0.3, -0.25) is 4.79 Å². The van der Waals surface area contributed by atoms with Crippen LogP contribution in [0.3, 0.4) is 0 Å². The zero-order valence-corrected chi connectivity index (χ0v) is 14.0. The SMILES string of the molecule is O=C(C=Cc1ccc(Cl)cc1)NCc1ccnc(OCC2CC2)c1. The van der Waals surface area contributed by atoms with E-state index in [1.165, 1.54) is 18.9 Å². The number of amides is 1. The minimum Gasteiger partial charge on any atom is -0.477 e. The smallest absolute Gasteiger partial charge is 0.244 e. The molecule has 1 saturated carbocycles. The summed E-state index contributed by atoms with van der Waals surface area (Å²) in [5, 5.41) is 3.52. The largest absolute Gasteiger partial charge is 0.477 e. The molecule has 5 heteroatoms. The molecule has 1 fully saturated rings. The molecule has 0 radical (unpaired) electrons. The van der Waals surface area contributed by atoms with Crippen LogP contribution in [-0.4, -0.2) is 17.5 Å². The highest BCUT2D eigenvalue weighted by Gasteiger charge is 2.22. The van der Waals surface area contributed by atoms with Gasteiger partial charge in [-0.25, -0.2) is 4.98 Å². The van der Waals surface area contributed by atoms with Crippen LogP contribution >= 0.6 is 11.6 Å². The van der Waals surface area contributed by atoms with E-state index in [9.17, 15) is 4.79 Å². The average Bonchev–Trinajstić information content (AvgIpc) is 3.42. The molecule has 0 unspecified atom stereocenters. The highest BCUT2D eigenvalue weighted by Crippen LogP contribution is 2.29. The molecule has 124 valence electrons. The Balaban J connectivity index is 1.48. The van der Waals surface area contributed by atoms with E-state index in [2.05, 4.69) is 10.3 Å². The van der Waals surface area contributed by atoms with Gasteiger partial charge in [-0.1, -0.05) is 23.7 Å². The second-order valence-corrected chi connectivity index (χ2v) is 6.30. The maximum Gasteiger partial charge on any atom is 0.244 e. The van der Waals surface area contributed by atoms with E-state index >= 15 is 0 Å². The number of hydrogen-bond donors (Lipinski definition) is 1. The number of halogens is 1. The number of carbonyl (C=O) groups excluding carboxylic acids is 1. The number of hydrogen-bond acceptors (Lipinski definition) is 3. The van der Waals surface area contributed by atoms with Crippen LogP contribution in [0.25, 0.3) is 6.08 Å². The molecule has 24 heavy (non-hydrogen) atoms. The van der Waals surface area contributed by atoms with E-state index in [1.54, 1.807) is 24.4 Å². The molecule has 2 aromatic rings. The van der Waals surface area contributed by atoms with Crippen LogP contribution in [0, 0.1) is 5.92 Å². The number of aromatic nitrogens is 1. The molecule has 1 heterocycles. The lowest BCUT2D eigenvalue weighted by Crippen LogP contribution is -2.20. The van der Waals surface area contributed by atoms with Gasteiger partial charge in [0.1, 0.15) is 0 Å². The molecule has 1 aromatic carbocycles. The Morgan fingerprint density at radius 3 is 2.83 bits per heavy atom. The minimum atomic E-state index is -0.151. The Morgan fingerprint density at radius 1 is 1.29 bits per heavy atom. The highest BCUT2D eigenvalue weighted by atomic mass is 35.5. The van der Waals surface area contributed by atoms with Crippen molar-refractivity contribution in [3.05, 3.63) is 64.8 Å². The molecule has 1 aliphatic carbocycles. The molecule has 0 bridgehead atoms. The Morgan fingerprint density at radius 2 is 2.08 bits per heavy atom. The lowest BCUT2D eigenvalue weighted by atomic mass is 10.2. The lowest BCUT2D eigenvalue weighted by Gasteiger charge is -2.07. The highest BCUT2D eigenvalue weighted by molar-refractivity contribution is 6.30. The van der Waals surface area contributed by atoms with Gasteiger partial charge in [-0.2, -0.15) is 0 Å². The number of pyridine rings is 1. The predicted molar refractivity (Wildman–Crippen MR) is 94.8 cm³/mol. The van der Waals surface area contributed by atoms with Crippen LogP contribution < -0.4 is 10.1 Å². The quantitative estimate of drug-likeness (QED) is 0.777. The molecule has 0 atom stereocenters. The Bertz CT molecular complexity index is 724. The first-order chi connectivity index (χ1) is 11.7. The number of benzene rings is 1. The summed E-state index contributed by atoms with van der Waals surface area (Å²) >= 11 is 5.83. The zero-order valence-electron chi connectivity index (χ0n) is 13.2. The van der Waals surface area contributed by atoms with Crippen molar-refractivity contribution in [1.29, 1.82) is 0 Å². The van der Waals surface area contributed by atoms with Gasteiger partial charge in [0.15, 0.2) is 0 Å². The van der Waals surface area contributed by atoms with Gasteiger partial charge in [0, 0.05) is 29.9 Å². The standard InChI is InChI=1S/C19H19ClN2O2/c20-17-6-3-14(4-7-17)5-8-18(23)22-12-16-9-10-21-19(11-16)24-13-15-1-2-15/h3-11,15H,1-2,12-13H2,(H,22,23). The normalized spacial score (nSPS) is 13.9. The van der Waals surface area contributed by atoms with Crippen molar-refractivity contribution in [3.8, 4) is 5.88 Å². The fraction of sp³-hybridized carbons (Fsp3) is 0.263. The van der Waals surface area contributed by atoms with Crippen LogP contribution in [-0.2, 0) is 11.3 Å². The van der Waals surface area contributed by atoms with Crippen molar-refractivity contribution in [2.75, 3.05) is 6.61 Å². The number of nitrogens with zero attached hydrogens (tertiary/aromatic N) is 1. The predicted octanol–water partition coefficient (Wildman–Crippen LogP) is 3.85. The van der Waals surface area contributed by atoms with Gasteiger partial charge in [0.25, 0.3) is 0 Å². The molecule has 1 aliphatic rings. The number of rotatable bonds is 7. The summed E-state index contributed by atoms with van der Waals surface area (Å²) in [4.78, 5) is 16.1. The van der Waals surface area contributed by atoms with Gasteiger partial charge >= 0.3 is 0 Å². The van der Waals surface area contributed by atoms with Crippen LogP contribution in [0.15, 0.2) is 48.7 Å². The van der Waals surface area contributed by atoms with Gasteiger partial charge in [-0.15, -0.1) is 0 Å². The Hall–Kier alpha value is -2.33. The van der Waals surface area contributed by atoms with Crippen LogP contribution in [0.5, 0.6) is 5.88 Å². The monoisotopic (exact) mass is 342 g/mol. The van der Waals surface area contributed by atoms with E-state index < -0.39 is 0 Å². The molecule has 1 N–H and O–H groups in total. The maximum atomic E-state index is 11.9. The van der Waals surface area contributed by atoms with Gasteiger partial charge in [0.2, 0.25) is 11.8 Å². The molecular formula is C19H19ClN2O2. The summed E-state index contributed by atoms with van der Waals surface area (Å²) in [6, 6.07) is 11.0. The van der Waals surface area contributed by atoms with Crippen molar-refractivity contribution < 1.29 is 9.53 Å². The third kappa shape index (κ3) is 5.39. The molecule has 1 amide bonds. The van der Waals surface area contributed by atoms with Crippen LogP contribution in [0.1, 0.15) is 24.0 Å². The van der Waals surface area contributed by atoms with Crippen molar-refractivity contribution in [2.45, 2.75) is 19.4 Å². The zero-order chi connectivity index (χ0) is 16.8. The van der Waals surface area contributed by atoms with E-state index in [1.807, 2.05) is 24.3 Å². The molecule has 0 saturated heterocycles. The second-order valence-electron chi connectivity index (χ2n) is 5.86. The van der Waals surface area contributed by atoms with E-state index in [4.69, 9.17) is 16.3 Å². The first-order valence-corrected chi connectivity index (χ1v) is 8.36. The van der Waals surface area contributed by atoms with E-state index in [-0.39, 0.29) is 5.91 Å². The Kier molecular flexibility index (Phi) is 5.49. The molecule has 0 spiro atoms. The van der Waals surface area contributed by atoms with Crippen molar-refractivity contribution in [1.82, 2.24) is 10.3 Å². The number of carbonyl (C=O) groups is 1. The fourth-order valence-electron chi connectivity index (χ4n) is 2.12. The molecule has 3 rings (SSSR count). The summed E-state index contributed by atoms with van der Waals surface area (Å²) in [6.45, 7) is 1.17. The first-order valence-electron chi connectivity index (χ1n) is 7.98. The summed E-state index contributed by atoms with van der Waals surface area (Å²) < 4.78 is 5.64. The summed E-state index contributed by atoms with van der Waals surface area (Å²) in [7, 11) is 0. The van der Waals surface area contributed by atoms with Crippen molar-refractivity contribution in [2.24, 2.45) is 5.92 Å². The summed E-state index contributed by atoms with van der Waals surface area (Å²) in [5.41, 5.74) is 1.89. The topological polar surface area (TPSA) is 51.2 Å². The second kappa shape index (κ2) is 7.97. The molecule has 4 nitrogen and oxygen atoms in total. The number of nitrogens with one attached hydrogen (secondary N) is 1. The fourth-order valence-corrected chi connectivity index (χ4v) is 2.25. The van der Waals surface area contributed by atoms with E-state index in [0.29, 0.717) is 23.4 Å². The lowest BCUT2D eigenvalue weighted by molar-refractivity contribution is -0.116. The third-order valence-corrected chi connectivity index (χ3v) is 3.98. The van der Waals surface area contributed by atoms with Gasteiger partial charge in [0.05, 0.1) is 6.61 Å². The van der Waals surface area contributed by atoms with Crippen LogP contribution in [0.2, 0.25) is 5.02 Å². The minimum absolute atomic E-state index is 0.151. The van der Waals surface area contributed by atoms with E-state index in [0.717, 1.165) is 17.7 Å². The van der Waals surface area contributed by atoms with Gasteiger partial charge in [-0.05, 0) is 54.2 Å². The summed E-state index contributed by atoms with van der Waals surface area (Å²) in [6.07, 6.45) is 7.45. The molecule has 0 aliphatic heterocycles. The molecule has 1 aromatic heterocycles.